The molecular formula is C19H23N5O. The number of carbonyl (C=O) groups is 1. The highest BCUT2D eigenvalue weighted by Crippen LogP contribution is 2.19. The Bertz CT molecular complexity index is 906. The van der Waals surface area contributed by atoms with Gasteiger partial charge >= 0.3 is 0 Å². The molecule has 1 aromatic carbocycles. The molecule has 0 amide bonds. The average molecular weight is 337 g/mol. The van der Waals surface area contributed by atoms with E-state index in [1.165, 1.54) is 4.80 Å². The molecule has 2 aromatic heterocycles. The lowest BCUT2D eigenvalue weighted by Crippen LogP contribution is -2.14. The predicted octanol–water partition coefficient (Wildman–Crippen LogP) is 3.36. The van der Waals surface area contributed by atoms with Crippen LogP contribution in [0.1, 0.15) is 40.7 Å². The van der Waals surface area contributed by atoms with Gasteiger partial charge in [0.15, 0.2) is 5.78 Å². The van der Waals surface area contributed by atoms with Crippen LogP contribution in [0.5, 0.6) is 0 Å². The minimum Gasteiger partial charge on any atom is -0.348 e. The monoisotopic (exact) mass is 337 g/mol. The van der Waals surface area contributed by atoms with E-state index in [9.17, 15) is 4.79 Å². The van der Waals surface area contributed by atoms with Crippen molar-refractivity contribution in [2.24, 2.45) is 0 Å². The normalized spacial score (nSPS) is 11.0. The van der Waals surface area contributed by atoms with Crippen LogP contribution >= 0.6 is 0 Å². The molecule has 0 fully saturated rings. The maximum atomic E-state index is 12.7. The molecule has 0 aliphatic heterocycles. The van der Waals surface area contributed by atoms with E-state index in [0.717, 1.165) is 41.0 Å². The Morgan fingerprint density at radius 1 is 1.16 bits per heavy atom. The van der Waals surface area contributed by atoms with Crippen LogP contribution in [0.15, 0.2) is 30.3 Å². The standard InChI is InChI=1S/C19H23N5O/c1-5-10-23-14(3)11-17(15(23)4)18(25)12-24-21-19(20-22-24)16-9-7-6-8-13(16)2/h6-9,11H,5,10,12H2,1-4H3. The zero-order valence-corrected chi connectivity index (χ0v) is 15.2. The van der Waals surface area contributed by atoms with Crippen molar-refractivity contribution < 1.29 is 4.79 Å². The second kappa shape index (κ2) is 7.01. The Labute approximate surface area is 147 Å². The molecule has 3 aromatic rings. The molecule has 0 radical (unpaired) electrons. The van der Waals surface area contributed by atoms with Crippen molar-refractivity contribution in [1.29, 1.82) is 0 Å². The molecule has 0 aliphatic carbocycles. The van der Waals surface area contributed by atoms with E-state index in [1.807, 2.05) is 51.1 Å². The maximum Gasteiger partial charge on any atom is 0.205 e. The highest BCUT2D eigenvalue weighted by atomic mass is 16.1. The van der Waals surface area contributed by atoms with Crippen LogP contribution in [0.25, 0.3) is 11.4 Å². The first-order valence-corrected chi connectivity index (χ1v) is 8.55. The Balaban J connectivity index is 1.81. The van der Waals surface area contributed by atoms with Crippen molar-refractivity contribution in [3.8, 4) is 11.4 Å². The molecule has 0 N–H and O–H groups in total. The van der Waals surface area contributed by atoms with Crippen molar-refractivity contribution >= 4 is 5.78 Å². The first-order valence-electron chi connectivity index (χ1n) is 8.55. The molecule has 25 heavy (non-hydrogen) atoms. The van der Waals surface area contributed by atoms with Gasteiger partial charge in [-0.15, -0.1) is 10.2 Å². The van der Waals surface area contributed by atoms with Gasteiger partial charge in [-0.05, 0) is 44.0 Å². The lowest BCUT2D eigenvalue weighted by molar-refractivity contribution is 0.0960. The van der Waals surface area contributed by atoms with Gasteiger partial charge in [-0.1, -0.05) is 31.2 Å². The molecule has 3 rings (SSSR count). The lowest BCUT2D eigenvalue weighted by atomic mass is 10.1. The molecule has 0 spiro atoms. The van der Waals surface area contributed by atoms with Gasteiger partial charge < -0.3 is 4.57 Å². The van der Waals surface area contributed by atoms with Crippen molar-refractivity contribution in [2.75, 3.05) is 0 Å². The lowest BCUT2D eigenvalue weighted by Gasteiger charge is -2.07. The molecule has 2 heterocycles. The number of Topliss-reactive ketones (excluding diaryl/α,β-unsaturated/α-hetero) is 1. The van der Waals surface area contributed by atoms with Gasteiger partial charge in [0, 0.05) is 29.1 Å². The zero-order valence-electron chi connectivity index (χ0n) is 15.2. The number of ketones is 1. The molecule has 130 valence electrons. The summed E-state index contributed by atoms with van der Waals surface area (Å²) < 4.78 is 2.18. The molecule has 0 bridgehead atoms. The third-order valence-electron chi connectivity index (χ3n) is 4.45. The number of hydrogen-bond donors (Lipinski definition) is 0. The molecule has 0 unspecified atom stereocenters. The molecule has 0 atom stereocenters. The van der Waals surface area contributed by atoms with E-state index in [1.54, 1.807) is 0 Å². The van der Waals surface area contributed by atoms with Gasteiger partial charge in [0.25, 0.3) is 0 Å². The third-order valence-corrected chi connectivity index (χ3v) is 4.45. The minimum atomic E-state index is 0.00388. The summed E-state index contributed by atoms with van der Waals surface area (Å²) in [6, 6.07) is 9.82. The van der Waals surface area contributed by atoms with Crippen LogP contribution in [0.4, 0.5) is 0 Å². The average Bonchev–Trinajstić information content (AvgIpc) is 3.15. The van der Waals surface area contributed by atoms with Crippen molar-refractivity contribution in [3.05, 3.63) is 52.8 Å². The number of rotatable bonds is 6. The number of carbonyl (C=O) groups excluding carboxylic acids is 1. The number of hydrogen-bond acceptors (Lipinski definition) is 4. The van der Waals surface area contributed by atoms with E-state index in [4.69, 9.17) is 0 Å². The fraction of sp³-hybridized carbons (Fsp3) is 0.368. The molecule has 6 nitrogen and oxygen atoms in total. The number of tetrazole rings is 1. The van der Waals surface area contributed by atoms with E-state index in [0.29, 0.717) is 5.82 Å². The second-order valence-corrected chi connectivity index (χ2v) is 6.32. The van der Waals surface area contributed by atoms with Crippen LogP contribution in [0.2, 0.25) is 0 Å². The summed E-state index contributed by atoms with van der Waals surface area (Å²) in [5, 5.41) is 12.5. The van der Waals surface area contributed by atoms with E-state index in [-0.39, 0.29) is 12.3 Å². The van der Waals surface area contributed by atoms with Crippen molar-refractivity contribution in [2.45, 2.75) is 47.2 Å². The molecule has 0 saturated carbocycles. The highest BCUT2D eigenvalue weighted by Gasteiger charge is 2.17. The molecular weight excluding hydrogens is 314 g/mol. The third kappa shape index (κ3) is 3.38. The summed E-state index contributed by atoms with van der Waals surface area (Å²) in [7, 11) is 0. The quantitative estimate of drug-likeness (QED) is 0.647. The van der Waals surface area contributed by atoms with Crippen LogP contribution in [-0.4, -0.2) is 30.6 Å². The SMILES string of the molecule is CCCn1c(C)cc(C(=O)Cn2nnc(-c3ccccc3C)n2)c1C. The summed E-state index contributed by atoms with van der Waals surface area (Å²) in [6.45, 7) is 9.17. The Morgan fingerprint density at radius 3 is 2.64 bits per heavy atom. The predicted molar refractivity (Wildman–Crippen MR) is 96.5 cm³/mol. The van der Waals surface area contributed by atoms with Crippen LogP contribution < -0.4 is 0 Å². The Hall–Kier alpha value is -2.76. The fourth-order valence-electron chi connectivity index (χ4n) is 3.11. The van der Waals surface area contributed by atoms with Gasteiger partial charge in [-0.2, -0.15) is 4.80 Å². The summed E-state index contributed by atoms with van der Waals surface area (Å²) in [5.74, 6) is 0.548. The highest BCUT2D eigenvalue weighted by molar-refractivity contribution is 5.97. The largest absolute Gasteiger partial charge is 0.348 e. The van der Waals surface area contributed by atoms with Crippen LogP contribution in [0, 0.1) is 20.8 Å². The van der Waals surface area contributed by atoms with E-state index in [2.05, 4.69) is 26.9 Å². The smallest absolute Gasteiger partial charge is 0.205 e. The Morgan fingerprint density at radius 2 is 1.92 bits per heavy atom. The number of nitrogens with zero attached hydrogens (tertiary/aromatic N) is 5. The number of aromatic nitrogens is 5. The molecule has 6 heteroatoms. The Kier molecular flexibility index (Phi) is 4.79. The van der Waals surface area contributed by atoms with Gasteiger partial charge in [0.1, 0.15) is 6.54 Å². The second-order valence-electron chi connectivity index (χ2n) is 6.32. The molecule has 0 saturated heterocycles. The number of benzene rings is 1. The maximum absolute atomic E-state index is 12.7. The van der Waals surface area contributed by atoms with Gasteiger partial charge in [0.2, 0.25) is 5.82 Å². The van der Waals surface area contributed by atoms with Crippen molar-refractivity contribution in [1.82, 2.24) is 24.8 Å². The topological polar surface area (TPSA) is 65.6 Å². The summed E-state index contributed by atoms with van der Waals surface area (Å²) in [4.78, 5) is 14.0. The van der Waals surface area contributed by atoms with Gasteiger partial charge in [0.05, 0.1) is 0 Å². The summed E-state index contributed by atoms with van der Waals surface area (Å²) >= 11 is 0. The van der Waals surface area contributed by atoms with Gasteiger partial charge in [-0.25, -0.2) is 0 Å². The van der Waals surface area contributed by atoms with Crippen LogP contribution in [0.3, 0.4) is 0 Å². The number of aryl methyl sites for hydroxylation is 2. The van der Waals surface area contributed by atoms with E-state index < -0.39 is 0 Å². The first-order chi connectivity index (χ1) is 12.0. The fourth-order valence-corrected chi connectivity index (χ4v) is 3.11. The summed E-state index contributed by atoms with van der Waals surface area (Å²) in [5.41, 5.74) is 4.86. The van der Waals surface area contributed by atoms with Crippen molar-refractivity contribution in [3.63, 3.8) is 0 Å². The van der Waals surface area contributed by atoms with E-state index >= 15 is 0 Å². The summed E-state index contributed by atoms with van der Waals surface area (Å²) in [6.07, 6.45) is 1.04. The van der Waals surface area contributed by atoms with Gasteiger partial charge in [-0.3, -0.25) is 4.79 Å². The minimum absolute atomic E-state index is 0.00388. The molecule has 0 aliphatic rings. The first kappa shape index (κ1) is 17.1. The van der Waals surface area contributed by atoms with Crippen LogP contribution in [-0.2, 0) is 13.1 Å². The zero-order chi connectivity index (χ0) is 18.0.